The van der Waals surface area contributed by atoms with Gasteiger partial charge in [-0.2, -0.15) is 4.98 Å². The van der Waals surface area contributed by atoms with Crippen LogP contribution in [-0.4, -0.2) is 25.1 Å². The topological polar surface area (TPSA) is 77.6 Å². The number of pyridine rings is 3. The summed E-state index contributed by atoms with van der Waals surface area (Å²) in [4.78, 5) is 15.9. The van der Waals surface area contributed by atoms with Crippen molar-refractivity contribution in [2.45, 2.75) is 6.92 Å². The number of halogens is 3. The van der Waals surface area contributed by atoms with Gasteiger partial charge in [0.1, 0.15) is 23.0 Å². The minimum absolute atomic E-state index is 0.0581. The molecule has 0 saturated carbocycles. The Bertz CT molecular complexity index is 1130. The van der Waals surface area contributed by atoms with Crippen molar-refractivity contribution in [2.24, 2.45) is 0 Å². The summed E-state index contributed by atoms with van der Waals surface area (Å²) < 4.78 is 46.1. The van der Waals surface area contributed by atoms with Crippen LogP contribution in [0, 0.1) is 24.4 Å². The standard InChI is InChI=1S/C18H10F3N5O/c1-9-16(21)13(10-4-12(20)7-22-6-10)5-15(24-9)17-25-18(27-26-17)14-3-2-11(19)8-23-14/h2-8H,1H3. The molecule has 0 N–H and O–H groups in total. The zero-order chi connectivity index (χ0) is 19.0. The lowest BCUT2D eigenvalue weighted by molar-refractivity contribution is 0.430. The van der Waals surface area contributed by atoms with Crippen LogP contribution in [-0.2, 0) is 0 Å². The molecule has 0 amide bonds. The van der Waals surface area contributed by atoms with E-state index in [0.717, 1.165) is 12.4 Å². The molecule has 0 saturated heterocycles. The van der Waals surface area contributed by atoms with Gasteiger partial charge in [0.25, 0.3) is 5.89 Å². The molecule has 0 radical (unpaired) electrons. The molecule has 27 heavy (non-hydrogen) atoms. The first-order chi connectivity index (χ1) is 13.0. The molecule has 0 bridgehead atoms. The van der Waals surface area contributed by atoms with E-state index in [4.69, 9.17) is 4.52 Å². The Morgan fingerprint density at radius 2 is 1.74 bits per heavy atom. The van der Waals surface area contributed by atoms with Gasteiger partial charge in [0, 0.05) is 17.3 Å². The van der Waals surface area contributed by atoms with E-state index < -0.39 is 17.5 Å². The zero-order valence-electron chi connectivity index (χ0n) is 13.8. The number of nitrogens with zero attached hydrogens (tertiary/aromatic N) is 5. The molecule has 0 spiro atoms. The fraction of sp³-hybridized carbons (Fsp3) is 0.0556. The highest BCUT2D eigenvalue weighted by atomic mass is 19.1. The normalized spacial score (nSPS) is 11.0. The lowest BCUT2D eigenvalue weighted by Gasteiger charge is -2.07. The highest BCUT2D eigenvalue weighted by Crippen LogP contribution is 2.29. The van der Waals surface area contributed by atoms with Crippen molar-refractivity contribution >= 4 is 0 Å². The van der Waals surface area contributed by atoms with Crippen molar-refractivity contribution in [3.63, 3.8) is 0 Å². The van der Waals surface area contributed by atoms with Crippen molar-refractivity contribution in [3.05, 3.63) is 66.0 Å². The first kappa shape index (κ1) is 16.8. The summed E-state index contributed by atoms with van der Waals surface area (Å²) in [5.74, 6) is -1.54. The summed E-state index contributed by atoms with van der Waals surface area (Å²) >= 11 is 0. The van der Waals surface area contributed by atoms with E-state index >= 15 is 0 Å². The van der Waals surface area contributed by atoms with Crippen molar-refractivity contribution in [1.29, 1.82) is 0 Å². The van der Waals surface area contributed by atoms with E-state index in [1.807, 2.05) is 0 Å². The van der Waals surface area contributed by atoms with Gasteiger partial charge in [-0.15, -0.1) is 0 Å². The fourth-order valence-corrected chi connectivity index (χ4v) is 2.47. The molecule has 0 aliphatic carbocycles. The van der Waals surface area contributed by atoms with Gasteiger partial charge in [0.2, 0.25) is 5.82 Å². The molecule has 0 aliphatic heterocycles. The molecule has 6 nitrogen and oxygen atoms in total. The van der Waals surface area contributed by atoms with Crippen molar-refractivity contribution in [2.75, 3.05) is 0 Å². The van der Waals surface area contributed by atoms with Gasteiger partial charge in [-0.05, 0) is 31.2 Å². The van der Waals surface area contributed by atoms with Crippen LogP contribution >= 0.6 is 0 Å². The number of aryl methyl sites for hydroxylation is 1. The van der Waals surface area contributed by atoms with Gasteiger partial charge >= 0.3 is 0 Å². The van der Waals surface area contributed by atoms with Gasteiger partial charge in [0.05, 0.1) is 18.1 Å². The monoisotopic (exact) mass is 369 g/mol. The minimum Gasteiger partial charge on any atom is -0.332 e. The summed E-state index contributed by atoms with van der Waals surface area (Å²) in [6.45, 7) is 1.47. The fourth-order valence-electron chi connectivity index (χ4n) is 2.47. The average Bonchev–Trinajstić information content (AvgIpc) is 3.14. The molecule has 4 heterocycles. The van der Waals surface area contributed by atoms with E-state index in [1.165, 1.54) is 37.4 Å². The number of aromatic nitrogens is 5. The number of rotatable bonds is 3. The van der Waals surface area contributed by atoms with E-state index in [0.29, 0.717) is 0 Å². The maximum absolute atomic E-state index is 14.5. The molecule has 0 aliphatic rings. The Labute approximate surface area is 150 Å². The lowest BCUT2D eigenvalue weighted by Crippen LogP contribution is -1.97. The molecule has 4 rings (SSSR count). The molecule has 0 fully saturated rings. The second-order valence-electron chi connectivity index (χ2n) is 5.63. The van der Waals surface area contributed by atoms with Crippen LogP contribution in [0.15, 0.2) is 47.4 Å². The van der Waals surface area contributed by atoms with Crippen LogP contribution in [0.1, 0.15) is 5.69 Å². The van der Waals surface area contributed by atoms with Crippen molar-refractivity contribution < 1.29 is 17.7 Å². The van der Waals surface area contributed by atoms with E-state index in [-0.39, 0.29) is 39.9 Å². The van der Waals surface area contributed by atoms with Crippen LogP contribution in [0.3, 0.4) is 0 Å². The van der Waals surface area contributed by atoms with Crippen LogP contribution in [0.25, 0.3) is 34.2 Å². The molecular formula is C18H10F3N5O. The third-order valence-corrected chi connectivity index (χ3v) is 3.74. The number of hydrogen-bond donors (Lipinski definition) is 0. The molecule has 134 valence electrons. The Morgan fingerprint density at radius 3 is 2.48 bits per heavy atom. The zero-order valence-corrected chi connectivity index (χ0v) is 13.8. The maximum atomic E-state index is 14.5. The third-order valence-electron chi connectivity index (χ3n) is 3.74. The van der Waals surface area contributed by atoms with Crippen LogP contribution < -0.4 is 0 Å². The quantitative estimate of drug-likeness (QED) is 0.544. The summed E-state index contributed by atoms with van der Waals surface area (Å²) in [7, 11) is 0. The second kappa shape index (κ2) is 6.60. The molecule has 4 aromatic heterocycles. The molecule has 0 unspecified atom stereocenters. The van der Waals surface area contributed by atoms with Crippen molar-refractivity contribution in [3.8, 4) is 34.2 Å². The van der Waals surface area contributed by atoms with E-state index in [9.17, 15) is 13.2 Å². The predicted molar refractivity (Wildman–Crippen MR) is 88.6 cm³/mol. The maximum Gasteiger partial charge on any atom is 0.276 e. The van der Waals surface area contributed by atoms with Crippen LogP contribution in [0.2, 0.25) is 0 Å². The lowest BCUT2D eigenvalue weighted by atomic mass is 10.1. The molecule has 9 heteroatoms. The average molecular weight is 369 g/mol. The largest absolute Gasteiger partial charge is 0.332 e. The third kappa shape index (κ3) is 3.26. The summed E-state index contributed by atoms with van der Waals surface area (Å²) in [5.41, 5.74) is 0.950. The van der Waals surface area contributed by atoms with Gasteiger partial charge in [-0.3, -0.25) is 4.98 Å². The first-order valence-corrected chi connectivity index (χ1v) is 7.75. The Kier molecular flexibility index (Phi) is 4.11. The minimum atomic E-state index is -0.602. The molecule has 4 aromatic rings. The summed E-state index contributed by atoms with van der Waals surface area (Å²) in [5, 5.41) is 3.81. The first-order valence-electron chi connectivity index (χ1n) is 7.75. The van der Waals surface area contributed by atoms with Gasteiger partial charge in [-0.25, -0.2) is 23.1 Å². The van der Waals surface area contributed by atoms with Gasteiger partial charge in [-0.1, -0.05) is 5.16 Å². The van der Waals surface area contributed by atoms with Gasteiger partial charge in [0.15, 0.2) is 5.82 Å². The molecule has 0 aromatic carbocycles. The molecule has 0 atom stereocenters. The Hall–Kier alpha value is -3.62. The highest BCUT2D eigenvalue weighted by Gasteiger charge is 2.18. The van der Waals surface area contributed by atoms with Crippen molar-refractivity contribution in [1.82, 2.24) is 25.1 Å². The molecular weight excluding hydrogens is 359 g/mol. The van der Waals surface area contributed by atoms with E-state index in [2.05, 4.69) is 25.1 Å². The second-order valence-corrected chi connectivity index (χ2v) is 5.63. The Morgan fingerprint density at radius 1 is 0.889 bits per heavy atom. The van der Waals surface area contributed by atoms with E-state index in [1.54, 1.807) is 0 Å². The smallest absolute Gasteiger partial charge is 0.276 e. The number of hydrogen-bond acceptors (Lipinski definition) is 6. The summed E-state index contributed by atoms with van der Waals surface area (Å²) in [6.07, 6.45) is 3.39. The van der Waals surface area contributed by atoms with Crippen LogP contribution in [0.4, 0.5) is 13.2 Å². The predicted octanol–water partition coefficient (Wildman–Crippen LogP) is 3.98. The highest BCUT2D eigenvalue weighted by molar-refractivity contribution is 5.69. The van der Waals surface area contributed by atoms with Crippen LogP contribution in [0.5, 0.6) is 0 Å². The summed E-state index contributed by atoms with van der Waals surface area (Å²) in [6, 6.07) is 5.14. The Balaban J connectivity index is 1.78. The SMILES string of the molecule is Cc1nc(-c2noc(-c3ccc(F)cn3)n2)cc(-c2cncc(F)c2)c1F. The van der Waals surface area contributed by atoms with Gasteiger partial charge < -0.3 is 4.52 Å².